The van der Waals surface area contributed by atoms with Gasteiger partial charge in [0.2, 0.25) is 5.75 Å². The molecule has 2 N–H and O–H groups in total. The molecule has 0 spiro atoms. The van der Waals surface area contributed by atoms with Crippen LogP contribution in [0.2, 0.25) is 0 Å². The molecule has 8 rings (SSSR count). The Labute approximate surface area is 258 Å². The summed E-state index contributed by atoms with van der Waals surface area (Å²) in [6.07, 6.45) is 3.20. The lowest BCUT2D eigenvalue weighted by atomic mass is 9.88. The fourth-order valence-electron chi connectivity index (χ4n) is 6.87. The Balaban J connectivity index is 1.45. The van der Waals surface area contributed by atoms with Gasteiger partial charge in [0.15, 0.2) is 34.5 Å². The van der Waals surface area contributed by atoms with Crippen molar-refractivity contribution in [3.63, 3.8) is 0 Å². The van der Waals surface area contributed by atoms with Crippen molar-refractivity contribution in [1.82, 2.24) is 10.2 Å². The van der Waals surface area contributed by atoms with Gasteiger partial charge in [-0.25, -0.2) is 0 Å². The fraction of sp³-hybridized carbons (Fsp3) is 0.333. The molecule has 4 aromatic carbocycles. The smallest absolute Gasteiger partial charge is 0.204 e. The number of benzene rings is 4. The monoisotopic (exact) mass is 594 g/mol. The predicted octanol–water partition coefficient (Wildman–Crippen LogP) is 6.52. The summed E-state index contributed by atoms with van der Waals surface area (Å²) < 4.78 is 30.9. The summed E-state index contributed by atoms with van der Waals surface area (Å²) >= 11 is 0. The number of likely N-dealkylation sites (N-methyl/N-ethyl adjacent to an activating group) is 1. The highest BCUT2D eigenvalue weighted by atomic mass is 16.5. The first-order valence-electron chi connectivity index (χ1n) is 15.1. The van der Waals surface area contributed by atoms with Crippen LogP contribution in [-0.4, -0.2) is 51.5 Å². The molecule has 4 aromatic rings. The van der Waals surface area contributed by atoms with Gasteiger partial charge in [-0.15, -0.1) is 0 Å². The van der Waals surface area contributed by atoms with Gasteiger partial charge in [-0.1, -0.05) is 18.2 Å². The molecular formula is C36H38N2O6. The van der Waals surface area contributed by atoms with Crippen molar-refractivity contribution in [3.8, 4) is 46.0 Å². The zero-order chi connectivity index (χ0) is 30.4. The maximum absolute atomic E-state index is 10.7. The first-order valence-corrected chi connectivity index (χ1v) is 15.1. The summed E-state index contributed by atoms with van der Waals surface area (Å²) in [5, 5.41) is 14.4. The molecule has 4 aliphatic rings. The number of rotatable bonds is 3. The average Bonchev–Trinajstić information content (AvgIpc) is 3.04. The van der Waals surface area contributed by atoms with Gasteiger partial charge in [0.1, 0.15) is 5.75 Å². The van der Waals surface area contributed by atoms with Gasteiger partial charge >= 0.3 is 0 Å². The van der Waals surface area contributed by atoms with Gasteiger partial charge in [-0.3, -0.25) is 4.90 Å². The van der Waals surface area contributed by atoms with E-state index in [0.29, 0.717) is 40.2 Å². The number of nitrogens with one attached hydrogen (secondary N) is 1. The van der Waals surface area contributed by atoms with E-state index in [4.69, 9.17) is 23.7 Å². The SMILES string of the molecule is COc1cc2c3cc1Oc1c(OC)c(OC)cc4c1[C@H](Cc1ccc(cc1)Oc1cc(ccc1O)C[C@@H]3N(C)CC2)NCC4. The van der Waals surface area contributed by atoms with E-state index in [0.717, 1.165) is 55.5 Å². The molecule has 0 amide bonds. The van der Waals surface area contributed by atoms with E-state index >= 15 is 0 Å². The van der Waals surface area contributed by atoms with Gasteiger partial charge in [-0.2, -0.15) is 0 Å². The fourth-order valence-corrected chi connectivity index (χ4v) is 6.87. The number of hydrogen-bond acceptors (Lipinski definition) is 8. The van der Waals surface area contributed by atoms with E-state index < -0.39 is 0 Å². The standard InChI is InChI=1S/C36H38N2O6/c1-38-14-12-23-18-31(40-2)32-20-26(23)28(38)16-22-7-10-29(39)30(17-22)43-25-8-5-21(6-9-25)15-27-34-24(11-13-37-27)19-33(41-3)35(42-4)36(34)44-32/h5-10,17-20,27-28,37,39H,11-16H2,1-4H3/t27-,28-/m0/s1. The lowest BCUT2D eigenvalue weighted by Crippen LogP contribution is -2.33. The van der Waals surface area contributed by atoms with Crippen molar-refractivity contribution >= 4 is 0 Å². The molecule has 228 valence electrons. The van der Waals surface area contributed by atoms with Crippen LogP contribution < -0.4 is 29.0 Å². The van der Waals surface area contributed by atoms with Crippen LogP contribution in [0.3, 0.4) is 0 Å². The summed E-state index contributed by atoms with van der Waals surface area (Å²) in [5.41, 5.74) is 6.85. The highest BCUT2D eigenvalue weighted by Gasteiger charge is 2.32. The second-order valence-electron chi connectivity index (χ2n) is 11.8. The molecule has 0 radical (unpaired) electrons. The normalized spacial score (nSPS) is 19.1. The van der Waals surface area contributed by atoms with E-state index in [-0.39, 0.29) is 17.8 Å². The summed E-state index contributed by atoms with van der Waals surface area (Å²) in [5.74, 6) is 4.38. The topological polar surface area (TPSA) is 81.7 Å². The van der Waals surface area contributed by atoms with Crippen molar-refractivity contribution in [2.75, 3.05) is 41.5 Å². The molecule has 0 fully saturated rings. The zero-order valence-electron chi connectivity index (χ0n) is 25.6. The Hall–Kier alpha value is -4.40. The van der Waals surface area contributed by atoms with E-state index in [1.807, 2.05) is 24.3 Å². The van der Waals surface area contributed by atoms with Gasteiger partial charge in [-0.05, 0) is 110 Å². The molecule has 8 nitrogen and oxygen atoms in total. The molecule has 0 aliphatic carbocycles. The number of phenolic OH excluding ortho intramolecular Hbond substituents is 1. The summed E-state index contributed by atoms with van der Waals surface area (Å²) in [6.45, 7) is 1.75. The number of fused-ring (bicyclic) bond motifs is 2. The molecule has 0 unspecified atom stereocenters. The first-order chi connectivity index (χ1) is 21.4. The van der Waals surface area contributed by atoms with Crippen LogP contribution in [-0.2, 0) is 25.7 Å². The van der Waals surface area contributed by atoms with E-state index in [1.54, 1.807) is 27.4 Å². The molecule has 2 atom stereocenters. The third-order valence-corrected chi connectivity index (χ3v) is 9.19. The Morgan fingerprint density at radius 3 is 2.34 bits per heavy atom. The van der Waals surface area contributed by atoms with Crippen LogP contribution in [0.4, 0.5) is 0 Å². The summed E-state index contributed by atoms with van der Waals surface area (Å²) in [7, 11) is 7.15. The Morgan fingerprint density at radius 2 is 1.57 bits per heavy atom. The summed E-state index contributed by atoms with van der Waals surface area (Å²) in [4.78, 5) is 2.37. The van der Waals surface area contributed by atoms with Crippen LogP contribution >= 0.6 is 0 Å². The predicted molar refractivity (Wildman–Crippen MR) is 168 cm³/mol. The minimum Gasteiger partial charge on any atom is -0.504 e. The summed E-state index contributed by atoms with van der Waals surface area (Å²) in [6, 6.07) is 20.1. The average molecular weight is 595 g/mol. The third-order valence-electron chi connectivity index (χ3n) is 9.19. The Bertz CT molecular complexity index is 1700. The molecule has 4 aliphatic heterocycles. The van der Waals surface area contributed by atoms with E-state index in [9.17, 15) is 5.11 Å². The Morgan fingerprint density at radius 1 is 0.795 bits per heavy atom. The van der Waals surface area contributed by atoms with Crippen molar-refractivity contribution in [1.29, 1.82) is 0 Å². The molecule has 44 heavy (non-hydrogen) atoms. The highest BCUT2D eigenvalue weighted by Crippen LogP contribution is 2.50. The van der Waals surface area contributed by atoms with Crippen LogP contribution in [0.15, 0.2) is 60.7 Å². The maximum Gasteiger partial charge on any atom is 0.204 e. The number of hydrogen-bond donors (Lipinski definition) is 2. The number of ether oxygens (including phenoxy) is 5. The highest BCUT2D eigenvalue weighted by molar-refractivity contribution is 5.63. The van der Waals surface area contributed by atoms with Crippen molar-refractivity contribution < 1.29 is 28.8 Å². The molecular weight excluding hydrogens is 556 g/mol. The third kappa shape index (κ3) is 5.08. The molecule has 6 bridgehead atoms. The molecule has 0 saturated heterocycles. The van der Waals surface area contributed by atoms with E-state index in [1.165, 1.54) is 16.7 Å². The van der Waals surface area contributed by atoms with Crippen molar-refractivity contribution in [2.24, 2.45) is 0 Å². The number of methoxy groups -OCH3 is 3. The number of aromatic hydroxyl groups is 1. The largest absolute Gasteiger partial charge is 0.504 e. The molecule has 8 heteroatoms. The molecule has 0 aromatic heterocycles. The van der Waals surface area contributed by atoms with Gasteiger partial charge in [0.05, 0.1) is 21.3 Å². The lowest BCUT2D eigenvalue weighted by molar-refractivity contribution is 0.228. The second kappa shape index (κ2) is 11.6. The number of nitrogens with zero attached hydrogens (tertiary/aromatic N) is 1. The van der Waals surface area contributed by atoms with Crippen LogP contribution in [0.1, 0.15) is 45.5 Å². The van der Waals surface area contributed by atoms with Gasteiger partial charge < -0.3 is 34.1 Å². The quantitative estimate of drug-likeness (QED) is 0.278. The van der Waals surface area contributed by atoms with E-state index in [2.05, 4.69) is 47.6 Å². The van der Waals surface area contributed by atoms with Gasteiger partial charge in [0, 0.05) is 24.2 Å². The minimum atomic E-state index is -0.0255. The van der Waals surface area contributed by atoms with Crippen molar-refractivity contribution in [2.45, 2.75) is 37.8 Å². The lowest BCUT2D eigenvalue weighted by Gasteiger charge is -2.36. The second-order valence-corrected chi connectivity index (χ2v) is 11.8. The van der Waals surface area contributed by atoms with Crippen molar-refractivity contribution in [3.05, 3.63) is 94.0 Å². The van der Waals surface area contributed by atoms with Crippen LogP contribution in [0.5, 0.6) is 46.0 Å². The van der Waals surface area contributed by atoms with Gasteiger partial charge in [0.25, 0.3) is 0 Å². The van der Waals surface area contributed by atoms with Crippen LogP contribution in [0.25, 0.3) is 0 Å². The first kappa shape index (κ1) is 28.4. The zero-order valence-corrected chi connectivity index (χ0v) is 25.6. The molecule has 4 heterocycles. The maximum atomic E-state index is 10.7. The minimum absolute atomic E-state index is 0.0255. The van der Waals surface area contributed by atoms with Crippen LogP contribution in [0, 0.1) is 0 Å². The molecule has 0 saturated carbocycles. The Kier molecular flexibility index (Phi) is 7.48. The number of phenols is 1.